The number of aromatic amines is 1. The number of H-pyrrole nitrogens is 1. The molecule has 2 aromatic carbocycles. The van der Waals surface area contributed by atoms with E-state index in [2.05, 4.69) is 27.4 Å². The first-order valence-corrected chi connectivity index (χ1v) is 11.0. The summed E-state index contributed by atoms with van der Waals surface area (Å²) >= 11 is 1.27. The average molecular weight is 421 g/mol. The zero-order valence-corrected chi connectivity index (χ0v) is 17.8. The number of nitrogens with zero attached hydrogens (tertiary/aromatic N) is 2. The van der Waals surface area contributed by atoms with Gasteiger partial charge in [-0.1, -0.05) is 73.6 Å². The third kappa shape index (κ3) is 4.41. The normalized spacial score (nSPS) is 13.3. The molecule has 1 amide bonds. The number of aromatic nitrogens is 3. The van der Waals surface area contributed by atoms with Crippen LogP contribution in [0, 0.1) is 0 Å². The summed E-state index contributed by atoms with van der Waals surface area (Å²) in [5.41, 5.74) is 2.98. The van der Waals surface area contributed by atoms with Crippen LogP contribution in [0.3, 0.4) is 0 Å². The second kappa shape index (κ2) is 9.17. The largest absolute Gasteiger partial charge is 0.411 e. The van der Waals surface area contributed by atoms with Gasteiger partial charge in [0.25, 0.3) is 11.1 Å². The van der Waals surface area contributed by atoms with Crippen molar-refractivity contribution in [2.45, 2.75) is 43.2 Å². The molecule has 2 N–H and O–H groups in total. The maximum absolute atomic E-state index is 12.8. The summed E-state index contributed by atoms with van der Waals surface area (Å²) in [7, 11) is 0. The molecule has 7 heteroatoms. The molecule has 2 heterocycles. The summed E-state index contributed by atoms with van der Waals surface area (Å²) in [4.78, 5) is 16.0. The smallest absolute Gasteiger partial charge is 0.277 e. The number of carbonyl (C=O) groups is 1. The Balaban J connectivity index is 1.43. The Bertz CT molecular complexity index is 1120. The van der Waals surface area contributed by atoms with Gasteiger partial charge in [0.2, 0.25) is 5.91 Å². The predicted octanol–water partition coefficient (Wildman–Crippen LogP) is 5.36. The number of amides is 1. The van der Waals surface area contributed by atoms with E-state index in [0.29, 0.717) is 11.1 Å². The molecule has 0 bridgehead atoms. The topological polar surface area (TPSA) is 83.8 Å². The van der Waals surface area contributed by atoms with Gasteiger partial charge in [0.1, 0.15) is 0 Å². The highest BCUT2D eigenvalue weighted by Gasteiger charge is 2.22. The van der Waals surface area contributed by atoms with Crippen LogP contribution in [-0.2, 0) is 4.79 Å². The van der Waals surface area contributed by atoms with E-state index in [4.69, 9.17) is 4.42 Å². The van der Waals surface area contributed by atoms with Crippen LogP contribution >= 0.6 is 11.8 Å². The molecule has 0 spiro atoms. The number of carbonyl (C=O) groups excluding carboxylic acids is 1. The molecule has 6 nitrogen and oxygen atoms in total. The maximum Gasteiger partial charge on any atom is 0.277 e. The lowest BCUT2D eigenvalue weighted by molar-refractivity contribution is -0.121. The van der Waals surface area contributed by atoms with Gasteiger partial charge in [0.05, 0.1) is 16.9 Å². The van der Waals surface area contributed by atoms with E-state index in [1.54, 1.807) is 0 Å². The summed E-state index contributed by atoms with van der Waals surface area (Å²) in [6.07, 6.45) is 3.73. The zero-order valence-electron chi connectivity index (χ0n) is 17.0. The molecule has 4 rings (SSSR count). The average Bonchev–Trinajstić information content (AvgIpc) is 3.40. The first kappa shape index (κ1) is 20.2. The van der Waals surface area contributed by atoms with Crippen LogP contribution in [-0.4, -0.2) is 26.3 Å². The Labute approximate surface area is 179 Å². The van der Waals surface area contributed by atoms with Crippen LogP contribution in [0.15, 0.2) is 70.4 Å². The van der Waals surface area contributed by atoms with Crippen molar-refractivity contribution < 1.29 is 9.21 Å². The number of rotatable bonds is 8. The fraction of sp³-hybridized carbons (Fsp3) is 0.261. The van der Waals surface area contributed by atoms with Crippen LogP contribution in [0.1, 0.15) is 38.3 Å². The van der Waals surface area contributed by atoms with Crippen LogP contribution in [0.5, 0.6) is 0 Å². The quantitative estimate of drug-likeness (QED) is 0.375. The van der Waals surface area contributed by atoms with Gasteiger partial charge in [0, 0.05) is 17.1 Å². The Morgan fingerprint density at radius 1 is 1.13 bits per heavy atom. The van der Waals surface area contributed by atoms with Crippen molar-refractivity contribution in [3.8, 4) is 11.5 Å². The van der Waals surface area contributed by atoms with Crippen molar-refractivity contribution in [2.24, 2.45) is 0 Å². The molecule has 0 unspecified atom stereocenters. The fourth-order valence-electron chi connectivity index (χ4n) is 3.40. The van der Waals surface area contributed by atoms with Crippen LogP contribution in [0.2, 0.25) is 0 Å². The molecule has 154 valence electrons. The first-order chi connectivity index (χ1) is 14.7. The first-order valence-electron chi connectivity index (χ1n) is 10.1. The second-order valence-corrected chi connectivity index (χ2v) is 8.43. The van der Waals surface area contributed by atoms with E-state index in [0.717, 1.165) is 34.9 Å². The molecular formula is C23H24N4O2S. The van der Waals surface area contributed by atoms with E-state index >= 15 is 0 Å². The van der Waals surface area contributed by atoms with E-state index < -0.39 is 0 Å². The number of thioether (sulfide) groups is 1. The predicted molar refractivity (Wildman–Crippen MR) is 119 cm³/mol. The van der Waals surface area contributed by atoms with Crippen molar-refractivity contribution in [3.63, 3.8) is 0 Å². The molecule has 0 aliphatic carbocycles. The number of nitrogens with one attached hydrogen (secondary N) is 2. The number of hydrogen-bond acceptors (Lipinski definition) is 5. The summed E-state index contributed by atoms with van der Waals surface area (Å²) < 4.78 is 5.83. The van der Waals surface area contributed by atoms with Gasteiger partial charge < -0.3 is 14.7 Å². The second-order valence-electron chi connectivity index (χ2n) is 7.14. The van der Waals surface area contributed by atoms with Crippen molar-refractivity contribution in [2.75, 3.05) is 0 Å². The van der Waals surface area contributed by atoms with Crippen molar-refractivity contribution >= 4 is 28.6 Å². The molecular weight excluding hydrogens is 396 g/mol. The maximum atomic E-state index is 12.8. The van der Waals surface area contributed by atoms with Gasteiger partial charge in [-0.25, -0.2) is 0 Å². The molecule has 30 heavy (non-hydrogen) atoms. The summed E-state index contributed by atoms with van der Waals surface area (Å²) in [6.45, 7) is 3.97. The minimum atomic E-state index is -0.357. The SMILES string of the molecule is CCC[C@@H](NC(=O)[C@H](C)Sc1nnc(-c2c[nH]c3ccccc23)o1)c1ccccc1. The lowest BCUT2D eigenvalue weighted by Gasteiger charge is -2.20. The van der Waals surface area contributed by atoms with Gasteiger partial charge in [0.15, 0.2) is 0 Å². The van der Waals surface area contributed by atoms with Crippen molar-refractivity contribution in [3.05, 3.63) is 66.4 Å². The summed E-state index contributed by atoms with van der Waals surface area (Å²) in [5.74, 6) is 0.393. The Morgan fingerprint density at radius 2 is 1.90 bits per heavy atom. The molecule has 0 saturated carbocycles. The number of benzene rings is 2. The molecule has 4 aromatic rings. The minimum absolute atomic E-state index is 0.00350. The highest BCUT2D eigenvalue weighted by Crippen LogP contribution is 2.31. The van der Waals surface area contributed by atoms with E-state index in [1.165, 1.54) is 11.8 Å². The zero-order chi connectivity index (χ0) is 20.9. The fourth-order valence-corrected chi connectivity index (χ4v) is 4.10. The molecule has 2 aromatic heterocycles. The standard InChI is InChI=1S/C23H24N4O2S/c1-3-9-19(16-10-5-4-6-11-16)25-21(28)15(2)30-23-27-26-22(29-23)18-14-24-20-13-8-7-12-17(18)20/h4-8,10-15,19,24H,3,9H2,1-2H3,(H,25,28)/t15-,19+/m0/s1. The van der Waals surface area contributed by atoms with Crippen LogP contribution < -0.4 is 5.32 Å². The lowest BCUT2D eigenvalue weighted by Crippen LogP contribution is -2.34. The Hall–Kier alpha value is -3.06. The van der Waals surface area contributed by atoms with Crippen LogP contribution in [0.25, 0.3) is 22.4 Å². The number of para-hydroxylation sites is 1. The highest BCUT2D eigenvalue weighted by atomic mass is 32.2. The molecule has 0 aliphatic heterocycles. The van der Waals surface area contributed by atoms with Crippen molar-refractivity contribution in [1.29, 1.82) is 0 Å². The Kier molecular flexibility index (Phi) is 6.18. The van der Waals surface area contributed by atoms with E-state index in [-0.39, 0.29) is 17.2 Å². The van der Waals surface area contributed by atoms with Gasteiger partial charge >= 0.3 is 0 Å². The lowest BCUT2D eigenvalue weighted by atomic mass is 10.0. The molecule has 0 radical (unpaired) electrons. The van der Waals surface area contributed by atoms with Crippen molar-refractivity contribution in [1.82, 2.24) is 20.5 Å². The summed E-state index contributed by atoms with van der Waals surface area (Å²) in [6, 6.07) is 18.0. The van der Waals surface area contributed by atoms with Gasteiger partial charge in [-0.2, -0.15) is 0 Å². The third-order valence-electron chi connectivity index (χ3n) is 4.97. The van der Waals surface area contributed by atoms with Gasteiger partial charge in [-0.3, -0.25) is 4.79 Å². The van der Waals surface area contributed by atoms with Gasteiger partial charge in [-0.15, -0.1) is 10.2 Å². The highest BCUT2D eigenvalue weighted by molar-refractivity contribution is 8.00. The van der Waals surface area contributed by atoms with Crippen LogP contribution in [0.4, 0.5) is 0 Å². The molecule has 2 atom stereocenters. The Morgan fingerprint density at radius 3 is 2.70 bits per heavy atom. The summed E-state index contributed by atoms with van der Waals surface area (Å²) in [5, 5.41) is 12.5. The number of fused-ring (bicyclic) bond motifs is 1. The monoisotopic (exact) mass is 420 g/mol. The van der Waals surface area contributed by atoms with E-state index in [9.17, 15) is 4.79 Å². The van der Waals surface area contributed by atoms with E-state index in [1.807, 2.05) is 67.7 Å². The minimum Gasteiger partial charge on any atom is -0.411 e. The molecule has 0 aliphatic rings. The molecule has 0 fully saturated rings. The molecule has 0 saturated heterocycles. The van der Waals surface area contributed by atoms with Gasteiger partial charge in [-0.05, 0) is 25.0 Å². The number of hydrogen-bond donors (Lipinski definition) is 2. The third-order valence-corrected chi connectivity index (χ3v) is 5.90.